The van der Waals surface area contributed by atoms with Gasteiger partial charge in [-0.25, -0.2) is 0 Å². The molecule has 0 aliphatic carbocycles. The van der Waals surface area contributed by atoms with E-state index in [0.29, 0.717) is 30.8 Å². The quantitative estimate of drug-likeness (QED) is 0.553. The molecule has 6 heteroatoms. The number of nitrogens with zero attached hydrogens (tertiary/aromatic N) is 1. The van der Waals surface area contributed by atoms with E-state index in [-0.39, 0.29) is 11.9 Å². The second-order valence-corrected chi connectivity index (χ2v) is 6.19. The van der Waals surface area contributed by atoms with Gasteiger partial charge in [-0.15, -0.1) is 0 Å². The first-order valence-electron chi connectivity index (χ1n) is 8.15. The van der Waals surface area contributed by atoms with Crippen molar-refractivity contribution in [1.82, 2.24) is 4.90 Å². The lowest BCUT2D eigenvalue weighted by Crippen LogP contribution is -2.35. The van der Waals surface area contributed by atoms with E-state index in [1.54, 1.807) is 24.3 Å². The Morgan fingerprint density at radius 1 is 1.24 bits per heavy atom. The SMILES string of the molecule is N=C(N)c1cccc(OC2CC(C(=O)O)N(Cc3ccccc3)C2)c1. The zero-order valence-electron chi connectivity index (χ0n) is 13.8. The molecule has 6 nitrogen and oxygen atoms in total. The highest BCUT2D eigenvalue weighted by Crippen LogP contribution is 2.25. The van der Waals surface area contributed by atoms with E-state index in [4.69, 9.17) is 15.9 Å². The lowest BCUT2D eigenvalue weighted by Gasteiger charge is -2.20. The van der Waals surface area contributed by atoms with E-state index in [0.717, 1.165) is 5.56 Å². The molecule has 2 unspecified atom stereocenters. The van der Waals surface area contributed by atoms with Crippen LogP contribution in [0.15, 0.2) is 54.6 Å². The summed E-state index contributed by atoms with van der Waals surface area (Å²) in [6.07, 6.45) is 0.207. The van der Waals surface area contributed by atoms with Crippen LogP contribution in [0, 0.1) is 5.41 Å². The number of nitrogen functional groups attached to an aromatic ring is 1. The van der Waals surface area contributed by atoms with Crippen LogP contribution in [0.1, 0.15) is 17.5 Å². The van der Waals surface area contributed by atoms with E-state index < -0.39 is 12.0 Å². The predicted octanol–water partition coefficient (Wildman–Crippen LogP) is 2.08. The van der Waals surface area contributed by atoms with Crippen LogP contribution in [0.25, 0.3) is 0 Å². The van der Waals surface area contributed by atoms with E-state index >= 15 is 0 Å². The number of nitrogens with two attached hydrogens (primary N) is 1. The molecule has 0 amide bonds. The maximum atomic E-state index is 11.6. The number of likely N-dealkylation sites (tertiary alicyclic amines) is 1. The van der Waals surface area contributed by atoms with Crippen molar-refractivity contribution in [3.05, 3.63) is 65.7 Å². The van der Waals surface area contributed by atoms with Crippen LogP contribution in [0.2, 0.25) is 0 Å². The molecular weight excluding hydrogens is 318 g/mol. The van der Waals surface area contributed by atoms with Crippen molar-refractivity contribution in [2.45, 2.75) is 25.1 Å². The Balaban J connectivity index is 1.70. The van der Waals surface area contributed by atoms with Crippen molar-refractivity contribution in [3.63, 3.8) is 0 Å². The molecule has 1 saturated heterocycles. The number of benzene rings is 2. The van der Waals surface area contributed by atoms with Gasteiger partial charge in [0.05, 0.1) is 0 Å². The van der Waals surface area contributed by atoms with E-state index in [1.165, 1.54) is 0 Å². The fourth-order valence-electron chi connectivity index (χ4n) is 3.13. The summed E-state index contributed by atoms with van der Waals surface area (Å²) in [6, 6.07) is 16.3. The molecule has 0 aromatic heterocycles. The summed E-state index contributed by atoms with van der Waals surface area (Å²) in [5, 5.41) is 17.0. The van der Waals surface area contributed by atoms with Gasteiger partial charge >= 0.3 is 5.97 Å². The lowest BCUT2D eigenvalue weighted by atomic mass is 10.1. The molecule has 0 radical (unpaired) electrons. The number of amidine groups is 1. The molecule has 0 spiro atoms. The van der Waals surface area contributed by atoms with Gasteiger partial charge in [0.25, 0.3) is 0 Å². The summed E-state index contributed by atoms with van der Waals surface area (Å²) in [5.41, 5.74) is 7.17. The van der Waals surface area contributed by atoms with Gasteiger partial charge in [-0.1, -0.05) is 42.5 Å². The largest absolute Gasteiger partial charge is 0.489 e. The van der Waals surface area contributed by atoms with Crippen LogP contribution in [0.3, 0.4) is 0 Å². The number of rotatable bonds is 6. The summed E-state index contributed by atoms with van der Waals surface area (Å²) in [5.74, 6) is -0.256. The average molecular weight is 339 g/mol. The minimum atomic E-state index is -0.834. The van der Waals surface area contributed by atoms with Crippen molar-refractivity contribution >= 4 is 11.8 Å². The summed E-state index contributed by atoms with van der Waals surface area (Å²) < 4.78 is 5.96. The van der Waals surface area contributed by atoms with Crippen LogP contribution >= 0.6 is 0 Å². The fraction of sp³-hybridized carbons (Fsp3) is 0.263. The zero-order valence-corrected chi connectivity index (χ0v) is 13.8. The smallest absolute Gasteiger partial charge is 0.321 e. The number of carboxylic acids is 1. The molecule has 130 valence electrons. The van der Waals surface area contributed by atoms with Gasteiger partial charge in [0, 0.05) is 25.1 Å². The van der Waals surface area contributed by atoms with Gasteiger partial charge < -0.3 is 15.6 Å². The summed E-state index contributed by atoms with van der Waals surface area (Å²) in [6.45, 7) is 1.11. The van der Waals surface area contributed by atoms with Crippen LogP contribution in [0.4, 0.5) is 0 Å². The van der Waals surface area contributed by atoms with Gasteiger partial charge in [-0.3, -0.25) is 15.1 Å². The maximum absolute atomic E-state index is 11.6. The maximum Gasteiger partial charge on any atom is 0.321 e. The molecule has 1 heterocycles. The van der Waals surface area contributed by atoms with Crippen molar-refractivity contribution in [3.8, 4) is 5.75 Å². The minimum Gasteiger partial charge on any atom is -0.489 e. The minimum absolute atomic E-state index is 0.0222. The van der Waals surface area contributed by atoms with Gasteiger partial charge in [0.15, 0.2) is 0 Å². The fourth-order valence-corrected chi connectivity index (χ4v) is 3.13. The average Bonchev–Trinajstić information content (AvgIpc) is 2.98. The number of carboxylic acid groups (broad SMARTS) is 1. The Labute approximate surface area is 146 Å². The molecule has 1 aliphatic rings. The van der Waals surface area contributed by atoms with Gasteiger partial charge in [-0.05, 0) is 17.7 Å². The number of ether oxygens (including phenoxy) is 1. The van der Waals surface area contributed by atoms with Crippen LogP contribution in [0.5, 0.6) is 5.75 Å². The van der Waals surface area contributed by atoms with Gasteiger partial charge in [-0.2, -0.15) is 0 Å². The number of hydrogen-bond acceptors (Lipinski definition) is 4. The molecule has 2 aromatic rings. The molecule has 2 aromatic carbocycles. The van der Waals surface area contributed by atoms with E-state index in [9.17, 15) is 9.90 Å². The van der Waals surface area contributed by atoms with Crippen molar-refractivity contribution < 1.29 is 14.6 Å². The third kappa shape index (κ3) is 4.16. The second-order valence-electron chi connectivity index (χ2n) is 6.19. The topological polar surface area (TPSA) is 99.6 Å². The van der Waals surface area contributed by atoms with Gasteiger partial charge in [0.1, 0.15) is 23.7 Å². The Morgan fingerprint density at radius 3 is 2.68 bits per heavy atom. The summed E-state index contributed by atoms with van der Waals surface area (Å²) >= 11 is 0. The Hall–Kier alpha value is -2.86. The molecule has 3 rings (SSSR count). The Kier molecular flexibility index (Phi) is 5.00. The molecule has 0 bridgehead atoms. The van der Waals surface area contributed by atoms with Crippen LogP contribution in [-0.4, -0.2) is 40.5 Å². The highest BCUT2D eigenvalue weighted by molar-refractivity contribution is 5.95. The predicted molar refractivity (Wildman–Crippen MR) is 94.8 cm³/mol. The molecule has 25 heavy (non-hydrogen) atoms. The Bertz CT molecular complexity index is 764. The molecular formula is C19H21N3O3. The highest BCUT2D eigenvalue weighted by atomic mass is 16.5. The number of aliphatic carboxylic acids is 1. The van der Waals surface area contributed by atoms with Crippen molar-refractivity contribution in [1.29, 1.82) is 5.41 Å². The summed E-state index contributed by atoms with van der Waals surface area (Å²) in [7, 11) is 0. The first kappa shape index (κ1) is 17.0. The summed E-state index contributed by atoms with van der Waals surface area (Å²) in [4.78, 5) is 13.5. The van der Waals surface area contributed by atoms with Crippen molar-refractivity contribution in [2.24, 2.45) is 5.73 Å². The normalized spacial score (nSPS) is 20.3. The molecule has 0 saturated carbocycles. The number of nitrogens with one attached hydrogen (secondary N) is 1. The third-order valence-corrected chi connectivity index (χ3v) is 4.33. The van der Waals surface area contributed by atoms with E-state index in [1.807, 2.05) is 35.2 Å². The molecule has 4 N–H and O–H groups in total. The van der Waals surface area contributed by atoms with Crippen LogP contribution < -0.4 is 10.5 Å². The van der Waals surface area contributed by atoms with Crippen molar-refractivity contribution in [2.75, 3.05) is 6.54 Å². The highest BCUT2D eigenvalue weighted by Gasteiger charge is 2.37. The third-order valence-electron chi connectivity index (χ3n) is 4.33. The molecule has 1 fully saturated rings. The van der Waals surface area contributed by atoms with Gasteiger partial charge in [0.2, 0.25) is 0 Å². The second kappa shape index (κ2) is 7.36. The molecule has 1 aliphatic heterocycles. The number of carbonyl (C=O) groups is 1. The molecule has 2 atom stereocenters. The van der Waals surface area contributed by atoms with Crippen LogP contribution in [-0.2, 0) is 11.3 Å². The monoisotopic (exact) mass is 339 g/mol. The zero-order chi connectivity index (χ0) is 17.8. The first-order chi connectivity index (χ1) is 12.0. The Morgan fingerprint density at radius 2 is 2.00 bits per heavy atom. The standard InChI is InChI=1S/C19H21N3O3/c20-18(21)14-7-4-8-15(9-14)25-16-10-17(19(23)24)22(12-16)11-13-5-2-1-3-6-13/h1-9,16-17H,10-12H2,(H3,20,21)(H,23,24). The first-order valence-corrected chi connectivity index (χ1v) is 8.15. The number of hydrogen-bond donors (Lipinski definition) is 3. The van der Waals surface area contributed by atoms with E-state index in [2.05, 4.69) is 0 Å². The lowest BCUT2D eigenvalue weighted by molar-refractivity contribution is -0.142.